The summed E-state index contributed by atoms with van der Waals surface area (Å²) in [5.41, 5.74) is 2.85. The van der Waals surface area contributed by atoms with Crippen LogP contribution in [0.5, 0.6) is 0 Å². The number of nitrogens with zero attached hydrogens (tertiary/aromatic N) is 1. The fourth-order valence-corrected chi connectivity index (χ4v) is 1.14. The summed E-state index contributed by atoms with van der Waals surface area (Å²) in [6.07, 6.45) is 5.61. The van der Waals surface area contributed by atoms with Gasteiger partial charge in [-0.05, 0) is 27.2 Å². The van der Waals surface area contributed by atoms with Crippen molar-refractivity contribution in [2.45, 2.75) is 27.2 Å². The summed E-state index contributed by atoms with van der Waals surface area (Å²) in [7, 11) is 0. The van der Waals surface area contributed by atoms with Crippen molar-refractivity contribution >= 4 is 0 Å². The molecule has 0 aliphatic carbocycles. The first-order valence-electron chi connectivity index (χ1n) is 3.81. The largest absolute Gasteiger partial charge is 0.352 e. The van der Waals surface area contributed by atoms with Gasteiger partial charge in [0.2, 0.25) is 0 Å². The molecule has 1 heteroatoms. The second kappa shape index (κ2) is 2.91. The van der Waals surface area contributed by atoms with Gasteiger partial charge in [-0.1, -0.05) is 11.6 Å². The normalized spacial score (nSPS) is 19.7. The van der Waals surface area contributed by atoms with Gasteiger partial charge in [-0.3, -0.25) is 0 Å². The molecule has 0 fully saturated rings. The molecule has 0 aromatic carbocycles. The fourth-order valence-electron chi connectivity index (χ4n) is 1.14. The van der Waals surface area contributed by atoms with E-state index in [2.05, 4.69) is 37.9 Å². The maximum absolute atomic E-state index is 2.30. The summed E-state index contributed by atoms with van der Waals surface area (Å²) in [5, 5.41) is 0. The minimum Gasteiger partial charge on any atom is -0.352 e. The summed E-state index contributed by atoms with van der Waals surface area (Å²) in [6.45, 7) is 7.58. The van der Waals surface area contributed by atoms with Crippen molar-refractivity contribution in [1.82, 2.24) is 4.90 Å². The molecular formula is C9H15N. The van der Waals surface area contributed by atoms with Gasteiger partial charge >= 0.3 is 0 Å². The minimum atomic E-state index is 1.17. The molecule has 0 saturated carbocycles. The Morgan fingerprint density at radius 2 is 2.40 bits per heavy atom. The SMILES string of the molecule is C/C=C(/C)N1C=C(C)CC1. The Morgan fingerprint density at radius 1 is 1.70 bits per heavy atom. The standard InChI is InChI=1S/C9H15N/c1-4-9(3)10-6-5-8(2)7-10/h4,7H,5-6H2,1-3H3/b9-4-. The fraction of sp³-hybridized carbons (Fsp3) is 0.556. The molecule has 0 bridgehead atoms. The molecule has 10 heavy (non-hydrogen) atoms. The first kappa shape index (κ1) is 7.39. The zero-order valence-electron chi connectivity index (χ0n) is 7.02. The van der Waals surface area contributed by atoms with E-state index in [4.69, 9.17) is 0 Å². The van der Waals surface area contributed by atoms with Crippen LogP contribution in [-0.2, 0) is 0 Å². The summed E-state index contributed by atoms with van der Waals surface area (Å²) in [4.78, 5) is 2.30. The molecule has 0 atom stereocenters. The van der Waals surface area contributed by atoms with E-state index < -0.39 is 0 Å². The van der Waals surface area contributed by atoms with Crippen LogP contribution in [0, 0.1) is 0 Å². The predicted molar refractivity (Wildman–Crippen MR) is 44.5 cm³/mol. The Kier molecular flexibility index (Phi) is 2.15. The van der Waals surface area contributed by atoms with E-state index in [1.54, 1.807) is 0 Å². The van der Waals surface area contributed by atoms with Crippen LogP contribution in [0.2, 0.25) is 0 Å². The van der Waals surface area contributed by atoms with E-state index in [9.17, 15) is 0 Å². The molecule has 1 heterocycles. The monoisotopic (exact) mass is 137 g/mol. The van der Waals surface area contributed by atoms with E-state index in [1.807, 2.05) is 0 Å². The van der Waals surface area contributed by atoms with Crippen molar-refractivity contribution < 1.29 is 0 Å². The van der Waals surface area contributed by atoms with Crippen LogP contribution in [0.4, 0.5) is 0 Å². The first-order valence-corrected chi connectivity index (χ1v) is 3.81. The third kappa shape index (κ3) is 1.41. The molecular weight excluding hydrogens is 122 g/mol. The van der Waals surface area contributed by atoms with Crippen molar-refractivity contribution in [3.8, 4) is 0 Å². The van der Waals surface area contributed by atoms with Crippen LogP contribution in [0.15, 0.2) is 23.5 Å². The lowest BCUT2D eigenvalue weighted by Crippen LogP contribution is -2.10. The third-order valence-electron chi connectivity index (χ3n) is 1.99. The number of rotatable bonds is 1. The van der Waals surface area contributed by atoms with Gasteiger partial charge in [-0.15, -0.1) is 0 Å². The van der Waals surface area contributed by atoms with E-state index in [0.29, 0.717) is 0 Å². The summed E-state index contributed by atoms with van der Waals surface area (Å²) in [5.74, 6) is 0. The molecule has 1 aliphatic rings. The number of hydrogen-bond acceptors (Lipinski definition) is 1. The Morgan fingerprint density at radius 3 is 2.80 bits per heavy atom. The highest BCUT2D eigenvalue weighted by Crippen LogP contribution is 2.17. The van der Waals surface area contributed by atoms with Gasteiger partial charge in [-0.2, -0.15) is 0 Å². The number of allylic oxidation sites excluding steroid dienone is 2. The Balaban J connectivity index is 2.61. The molecule has 1 aliphatic heterocycles. The maximum atomic E-state index is 2.30. The molecule has 0 saturated heterocycles. The average Bonchev–Trinajstić information content (AvgIpc) is 2.34. The Bertz CT molecular complexity index is 177. The van der Waals surface area contributed by atoms with Gasteiger partial charge in [0.05, 0.1) is 0 Å². The first-order chi connectivity index (χ1) is 4.74. The highest BCUT2D eigenvalue weighted by atomic mass is 15.1. The van der Waals surface area contributed by atoms with E-state index in [-0.39, 0.29) is 0 Å². The van der Waals surface area contributed by atoms with Gasteiger partial charge in [0, 0.05) is 18.4 Å². The Hall–Kier alpha value is -0.720. The maximum Gasteiger partial charge on any atom is 0.0259 e. The zero-order valence-corrected chi connectivity index (χ0v) is 7.02. The lowest BCUT2D eigenvalue weighted by atomic mass is 10.3. The lowest BCUT2D eigenvalue weighted by Gasteiger charge is -2.14. The summed E-state index contributed by atoms with van der Waals surface area (Å²) >= 11 is 0. The second-order valence-corrected chi connectivity index (χ2v) is 2.85. The van der Waals surface area contributed by atoms with E-state index in [0.717, 1.165) is 0 Å². The van der Waals surface area contributed by atoms with Crippen molar-refractivity contribution in [2.75, 3.05) is 6.54 Å². The summed E-state index contributed by atoms with van der Waals surface area (Å²) in [6, 6.07) is 0. The van der Waals surface area contributed by atoms with Crippen LogP contribution in [0.1, 0.15) is 27.2 Å². The average molecular weight is 137 g/mol. The zero-order chi connectivity index (χ0) is 7.56. The van der Waals surface area contributed by atoms with Crippen LogP contribution in [0.3, 0.4) is 0 Å². The topological polar surface area (TPSA) is 3.24 Å². The van der Waals surface area contributed by atoms with Gasteiger partial charge in [-0.25, -0.2) is 0 Å². The molecule has 0 radical (unpaired) electrons. The van der Waals surface area contributed by atoms with E-state index >= 15 is 0 Å². The molecule has 0 aromatic rings. The van der Waals surface area contributed by atoms with Gasteiger partial charge in [0.15, 0.2) is 0 Å². The van der Waals surface area contributed by atoms with Crippen LogP contribution >= 0.6 is 0 Å². The van der Waals surface area contributed by atoms with Crippen molar-refractivity contribution in [2.24, 2.45) is 0 Å². The van der Waals surface area contributed by atoms with Gasteiger partial charge < -0.3 is 4.90 Å². The van der Waals surface area contributed by atoms with Gasteiger partial charge in [0.25, 0.3) is 0 Å². The quantitative estimate of drug-likeness (QED) is 0.536. The van der Waals surface area contributed by atoms with Crippen molar-refractivity contribution in [3.63, 3.8) is 0 Å². The predicted octanol–water partition coefficient (Wildman–Crippen LogP) is 2.52. The van der Waals surface area contributed by atoms with Crippen LogP contribution < -0.4 is 0 Å². The molecule has 1 nitrogen and oxygen atoms in total. The molecule has 0 unspecified atom stereocenters. The molecule has 0 amide bonds. The lowest BCUT2D eigenvalue weighted by molar-refractivity contribution is 0.503. The molecule has 0 aromatic heterocycles. The van der Waals surface area contributed by atoms with Crippen LogP contribution in [-0.4, -0.2) is 11.4 Å². The smallest absolute Gasteiger partial charge is 0.0259 e. The van der Waals surface area contributed by atoms with Gasteiger partial charge in [0.1, 0.15) is 0 Å². The third-order valence-corrected chi connectivity index (χ3v) is 1.99. The van der Waals surface area contributed by atoms with E-state index in [1.165, 1.54) is 24.2 Å². The molecule has 0 N–H and O–H groups in total. The molecule has 56 valence electrons. The molecule has 0 spiro atoms. The second-order valence-electron chi connectivity index (χ2n) is 2.85. The highest BCUT2D eigenvalue weighted by Gasteiger charge is 2.08. The van der Waals surface area contributed by atoms with Crippen molar-refractivity contribution in [3.05, 3.63) is 23.5 Å². The Labute approximate surface area is 63.0 Å². The highest BCUT2D eigenvalue weighted by molar-refractivity contribution is 5.12. The molecule has 1 rings (SSSR count). The van der Waals surface area contributed by atoms with Crippen molar-refractivity contribution in [1.29, 1.82) is 0 Å². The minimum absolute atomic E-state index is 1.17. The summed E-state index contributed by atoms with van der Waals surface area (Å²) < 4.78 is 0. The van der Waals surface area contributed by atoms with Crippen LogP contribution in [0.25, 0.3) is 0 Å². The number of hydrogen-bond donors (Lipinski definition) is 0.